The number of amides is 1. The van der Waals surface area contributed by atoms with E-state index in [0.717, 1.165) is 25.7 Å². The first-order valence-electron chi connectivity index (χ1n) is 13.7. The van der Waals surface area contributed by atoms with E-state index in [4.69, 9.17) is 9.47 Å². The molecule has 0 aliphatic heterocycles. The van der Waals surface area contributed by atoms with Crippen LogP contribution in [0.5, 0.6) is 17.2 Å². The first-order valence-corrected chi connectivity index (χ1v) is 13.7. The first kappa shape index (κ1) is 29.3. The minimum atomic E-state index is -1.13. The van der Waals surface area contributed by atoms with Crippen LogP contribution in [0.1, 0.15) is 63.1 Å². The number of ether oxygens (including phenoxy) is 2. The van der Waals surface area contributed by atoms with Crippen LogP contribution in [0.25, 0.3) is 11.1 Å². The highest BCUT2D eigenvalue weighted by molar-refractivity contribution is 5.76. The molecule has 0 atom stereocenters. The van der Waals surface area contributed by atoms with Crippen molar-refractivity contribution in [1.29, 1.82) is 0 Å². The van der Waals surface area contributed by atoms with Crippen molar-refractivity contribution in [3.8, 4) is 28.4 Å². The number of aryl methyl sites for hydroxylation is 3. The van der Waals surface area contributed by atoms with E-state index >= 15 is 0 Å². The number of hydrogen-bond acceptors (Lipinski definition) is 5. The van der Waals surface area contributed by atoms with Crippen LogP contribution in [0.2, 0.25) is 0 Å². The zero-order valence-electron chi connectivity index (χ0n) is 24.4. The molecule has 4 rings (SSSR count). The highest BCUT2D eigenvalue weighted by atomic mass is 19.1. The summed E-state index contributed by atoms with van der Waals surface area (Å²) < 4.78 is 28.3. The summed E-state index contributed by atoms with van der Waals surface area (Å²) in [6.07, 6.45) is 4.72. The smallest absolute Gasteiger partial charge is 0.254 e. The summed E-state index contributed by atoms with van der Waals surface area (Å²) in [5, 5.41) is 10.8. The highest BCUT2D eigenvalue weighted by Crippen LogP contribution is 2.42. The minimum absolute atomic E-state index is 0.0454. The van der Waals surface area contributed by atoms with Crippen LogP contribution < -0.4 is 15.0 Å². The van der Waals surface area contributed by atoms with Crippen molar-refractivity contribution >= 4 is 5.91 Å². The summed E-state index contributed by atoms with van der Waals surface area (Å²) in [6.45, 7) is 8.56. The van der Waals surface area contributed by atoms with Crippen molar-refractivity contribution in [2.24, 2.45) is 7.05 Å². The fourth-order valence-electron chi connectivity index (χ4n) is 5.28. The molecule has 0 unspecified atom stereocenters. The Morgan fingerprint density at radius 2 is 1.65 bits per heavy atom. The number of carbonyl (C=O) groups is 1. The van der Waals surface area contributed by atoms with Crippen molar-refractivity contribution in [2.45, 2.75) is 78.0 Å². The predicted molar refractivity (Wildman–Crippen MR) is 153 cm³/mol. The normalized spacial score (nSPS) is 17.4. The van der Waals surface area contributed by atoms with Crippen LogP contribution >= 0.6 is 0 Å². The molecule has 3 aromatic rings. The zero-order chi connectivity index (χ0) is 29.4. The third-order valence-electron chi connectivity index (χ3n) is 7.79. The van der Waals surface area contributed by atoms with Gasteiger partial charge in [-0.1, -0.05) is 6.07 Å². The fourth-order valence-corrected chi connectivity index (χ4v) is 5.28. The molecule has 7 nitrogen and oxygen atoms in total. The number of pyridine rings is 1. The summed E-state index contributed by atoms with van der Waals surface area (Å²) >= 11 is 0. The van der Waals surface area contributed by atoms with Gasteiger partial charge in [0, 0.05) is 50.5 Å². The largest absolute Gasteiger partial charge is 0.490 e. The van der Waals surface area contributed by atoms with Gasteiger partial charge in [0.15, 0.2) is 0 Å². The van der Waals surface area contributed by atoms with Gasteiger partial charge in [0.2, 0.25) is 5.91 Å². The first-order chi connectivity index (χ1) is 18.7. The van der Waals surface area contributed by atoms with E-state index in [1.165, 1.54) is 22.8 Å². The lowest BCUT2D eigenvalue weighted by molar-refractivity contribution is -0.130. The van der Waals surface area contributed by atoms with Gasteiger partial charge in [-0.25, -0.2) is 4.39 Å². The van der Waals surface area contributed by atoms with Crippen LogP contribution in [0.3, 0.4) is 0 Å². The van der Waals surface area contributed by atoms with E-state index < -0.39 is 5.60 Å². The second kappa shape index (κ2) is 11.5. The van der Waals surface area contributed by atoms with Gasteiger partial charge in [-0.05, 0) is 94.3 Å². The molecule has 1 amide bonds. The lowest BCUT2D eigenvalue weighted by atomic mass is 9.91. The summed E-state index contributed by atoms with van der Waals surface area (Å²) in [7, 11) is 3.50. The van der Waals surface area contributed by atoms with Crippen molar-refractivity contribution in [1.82, 2.24) is 9.47 Å². The fraction of sp³-hybridized carbons (Fsp3) is 0.438. The Labute approximate surface area is 235 Å². The average Bonchev–Trinajstić information content (AvgIpc) is 2.87. The van der Waals surface area contributed by atoms with E-state index in [-0.39, 0.29) is 29.4 Å². The summed E-state index contributed by atoms with van der Waals surface area (Å²) in [5.74, 6) is 1.17. The number of aromatic nitrogens is 1. The van der Waals surface area contributed by atoms with Gasteiger partial charge in [-0.3, -0.25) is 9.59 Å². The van der Waals surface area contributed by atoms with E-state index in [1.807, 2.05) is 13.1 Å². The summed E-state index contributed by atoms with van der Waals surface area (Å²) in [4.78, 5) is 26.3. The molecular formula is C32H39FN2O5. The van der Waals surface area contributed by atoms with Crippen molar-refractivity contribution in [2.75, 3.05) is 7.05 Å². The van der Waals surface area contributed by atoms with Crippen LogP contribution in [0.4, 0.5) is 4.39 Å². The monoisotopic (exact) mass is 550 g/mol. The molecule has 2 aromatic carbocycles. The van der Waals surface area contributed by atoms with Crippen LogP contribution in [0.15, 0.2) is 47.4 Å². The van der Waals surface area contributed by atoms with Gasteiger partial charge in [0.1, 0.15) is 23.1 Å². The van der Waals surface area contributed by atoms with E-state index in [1.54, 1.807) is 64.9 Å². The number of carbonyl (C=O) groups excluding carboxylic acids is 1. The Morgan fingerprint density at radius 3 is 2.23 bits per heavy atom. The Morgan fingerprint density at radius 1 is 1.02 bits per heavy atom. The van der Waals surface area contributed by atoms with E-state index in [0.29, 0.717) is 45.1 Å². The lowest BCUT2D eigenvalue weighted by Crippen LogP contribution is -2.40. The van der Waals surface area contributed by atoms with Crippen LogP contribution in [0, 0.1) is 19.7 Å². The molecule has 0 spiro atoms. The Kier molecular flexibility index (Phi) is 8.40. The quantitative estimate of drug-likeness (QED) is 0.391. The number of benzene rings is 2. The molecule has 1 aliphatic carbocycles. The maximum atomic E-state index is 14.0. The molecule has 214 valence electrons. The molecule has 1 fully saturated rings. The molecule has 1 aromatic heterocycles. The number of nitrogens with zero attached hydrogens (tertiary/aromatic N) is 2. The maximum Gasteiger partial charge on any atom is 0.254 e. The van der Waals surface area contributed by atoms with Crippen molar-refractivity contribution in [3.05, 3.63) is 75.5 Å². The van der Waals surface area contributed by atoms with E-state index in [2.05, 4.69) is 0 Å². The molecule has 1 heterocycles. The lowest BCUT2D eigenvalue weighted by Gasteiger charge is -2.34. The maximum absolute atomic E-state index is 14.0. The van der Waals surface area contributed by atoms with Gasteiger partial charge in [-0.15, -0.1) is 0 Å². The van der Waals surface area contributed by atoms with Crippen molar-refractivity contribution in [3.63, 3.8) is 0 Å². The molecule has 8 heteroatoms. The SMILES string of the molecule is CC(=O)N(C)[C@H]1CC[C@H](Oc2cc(=O)n(C)cc2-c2cc(C(C)(C)O)ccc2Oc2c(C)cc(F)cc2C)CC1. The number of rotatable bonds is 7. The average molecular weight is 551 g/mol. The number of aliphatic hydroxyl groups is 1. The Bertz CT molecular complexity index is 1440. The molecule has 1 N–H and O–H groups in total. The van der Waals surface area contributed by atoms with Gasteiger partial charge in [0.25, 0.3) is 5.56 Å². The van der Waals surface area contributed by atoms with E-state index in [9.17, 15) is 19.1 Å². The minimum Gasteiger partial charge on any atom is -0.490 e. The molecule has 1 aliphatic rings. The molecule has 40 heavy (non-hydrogen) atoms. The third-order valence-corrected chi connectivity index (χ3v) is 7.79. The Hall–Kier alpha value is -3.65. The molecule has 0 radical (unpaired) electrons. The van der Waals surface area contributed by atoms with Crippen LogP contribution in [-0.2, 0) is 17.4 Å². The second-order valence-electron chi connectivity index (χ2n) is 11.4. The third kappa shape index (κ3) is 6.39. The Balaban J connectivity index is 1.76. The topological polar surface area (TPSA) is 81.0 Å². The zero-order valence-corrected chi connectivity index (χ0v) is 24.4. The summed E-state index contributed by atoms with van der Waals surface area (Å²) in [5.41, 5.74) is 1.91. The van der Waals surface area contributed by atoms with Crippen LogP contribution in [-0.4, -0.2) is 39.7 Å². The molecule has 0 bridgehead atoms. The summed E-state index contributed by atoms with van der Waals surface area (Å²) in [6, 6.07) is 9.92. The second-order valence-corrected chi connectivity index (χ2v) is 11.4. The molecular weight excluding hydrogens is 511 g/mol. The highest BCUT2D eigenvalue weighted by Gasteiger charge is 2.28. The van der Waals surface area contributed by atoms with Gasteiger partial charge >= 0.3 is 0 Å². The number of hydrogen-bond donors (Lipinski definition) is 1. The van der Waals surface area contributed by atoms with Gasteiger partial charge < -0.3 is 24.0 Å². The number of halogens is 1. The van der Waals surface area contributed by atoms with Crippen molar-refractivity contribution < 1.29 is 23.8 Å². The standard InChI is InChI=1S/C32H39FN2O5/c1-19-14-23(33)15-20(2)31(19)40-28-13-8-22(32(4,5)38)16-26(28)27-18-34(6)30(37)17-29(27)39-25-11-9-24(10-12-25)35(7)21(3)36/h8,13-18,24-25,38H,9-12H2,1-7H3/t24-,25-. The van der Waals surface area contributed by atoms with Gasteiger partial charge in [0.05, 0.1) is 11.7 Å². The molecule has 0 saturated heterocycles. The van der Waals surface area contributed by atoms with Gasteiger partial charge in [-0.2, -0.15) is 0 Å². The molecule has 1 saturated carbocycles. The predicted octanol–water partition coefficient (Wildman–Crippen LogP) is 6.00.